The van der Waals surface area contributed by atoms with Gasteiger partial charge < -0.3 is 19.2 Å². The highest BCUT2D eigenvalue weighted by Gasteiger charge is 2.48. The number of hydrogen-bond donors (Lipinski definition) is 1. The average molecular weight is 438 g/mol. The molecule has 168 valence electrons. The summed E-state index contributed by atoms with van der Waals surface area (Å²) in [6.45, 7) is 2.09. The van der Waals surface area contributed by atoms with Crippen molar-refractivity contribution < 1.29 is 18.4 Å². The molecule has 32 heavy (non-hydrogen) atoms. The second kappa shape index (κ2) is 8.11. The highest BCUT2D eigenvalue weighted by Crippen LogP contribution is 2.34. The van der Waals surface area contributed by atoms with Gasteiger partial charge in [0.2, 0.25) is 5.91 Å². The number of hydrogen-bond acceptors (Lipinski definition) is 3. The van der Waals surface area contributed by atoms with Crippen LogP contribution in [0.25, 0.3) is 11.1 Å². The first kappa shape index (κ1) is 20.8. The van der Waals surface area contributed by atoms with Gasteiger partial charge in [-0.3, -0.25) is 9.59 Å². The summed E-state index contributed by atoms with van der Waals surface area (Å²) in [5.74, 6) is -0.879. The minimum atomic E-state index is -1.16. The van der Waals surface area contributed by atoms with Gasteiger partial charge in [-0.2, -0.15) is 0 Å². The molecule has 0 bridgehead atoms. The Kier molecular flexibility index (Phi) is 5.27. The molecule has 0 radical (unpaired) electrons. The fourth-order valence-electron chi connectivity index (χ4n) is 5.08. The van der Waals surface area contributed by atoms with E-state index in [1.807, 2.05) is 10.6 Å². The van der Waals surface area contributed by atoms with Crippen LogP contribution in [0, 0.1) is 5.82 Å². The predicted molar refractivity (Wildman–Crippen MR) is 119 cm³/mol. The topological polar surface area (TPSA) is 67.5 Å². The largest absolute Gasteiger partial charge is 0.463 e. The van der Waals surface area contributed by atoms with E-state index < -0.39 is 5.54 Å². The first-order chi connectivity index (χ1) is 15.5. The van der Waals surface area contributed by atoms with Gasteiger partial charge in [0.1, 0.15) is 17.1 Å². The third-order valence-corrected chi connectivity index (χ3v) is 7.01. The molecule has 5 rings (SSSR count). The molecule has 2 amide bonds. The number of benzene rings is 1. The number of nitrogens with one attached hydrogen (secondary N) is 1. The number of nitrogens with zero attached hydrogens (tertiary/aromatic N) is 2. The summed E-state index contributed by atoms with van der Waals surface area (Å²) in [7, 11) is 0. The van der Waals surface area contributed by atoms with Crippen LogP contribution in [0.3, 0.4) is 0 Å². The van der Waals surface area contributed by atoms with E-state index in [0.717, 1.165) is 31.2 Å². The Bertz CT molecular complexity index is 1160. The lowest BCUT2D eigenvalue weighted by Crippen LogP contribution is -2.64. The molecule has 1 atom stereocenters. The zero-order valence-corrected chi connectivity index (χ0v) is 18.3. The van der Waals surface area contributed by atoms with E-state index in [-0.39, 0.29) is 36.8 Å². The second-order valence-electron chi connectivity index (χ2n) is 9.20. The van der Waals surface area contributed by atoms with E-state index in [1.54, 1.807) is 37.5 Å². The molecule has 1 aromatic carbocycles. The maximum atomic E-state index is 14.5. The van der Waals surface area contributed by atoms with Crippen molar-refractivity contribution in [3.63, 3.8) is 0 Å². The van der Waals surface area contributed by atoms with Gasteiger partial charge in [-0.15, -0.1) is 0 Å². The molecule has 1 fully saturated rings. The van der Waals surface area contributed by atoms with E-state index in [4.69, 9.17) is 4.42 Å². The van der Waals surface area contributed by atoms with Gasteiger partial charge in [0.25, 0.3) is 5.91 Å². The van der Waals surface area contributed by atoms with E-state index >= 15 is 0 Å². The lowest BCUT2D eigenvalue weighted by Gasteiger charge is -2.44. The van der Waals surface area contributed by atoms with Gasteiger partial charge in [0.05, 0.1) is 24.9 Å². The zero-order chi connectivity index (χ0) is 22.3. The number of furan rings is 1. The smallest absolute Gasteiger partial charge is 0.271 e. The van der Waals surface area contributed by atoms with Crippen LogP contribution in [-0.4, -0.2) is 32.9 Å². The summed E-state index contributed by atoms with van der Waals surface area (Å²) >= 11 is 0. The SMILES string of the molecule is C[C@@]1(C(=O)NC2CCCCCC2)Cn2c(cc3occc32)C(=O)N1Cc1ccccc1F. The lowest BCUT2D eigenvalue weighted by atomic mass is 9.93. The molecule has 1 aliphatic heterocycles. The molecule has 1 aliphatic carbocycles. The van der Waals surface area contributed by atoms with Gasteiger partial charge in [-0.05, 0) is 25.8 Å². The Morgan fingerprint density at radius 2 is 1.94 bits per heavy atom. The van der Waals surface area contributed by atoms with Crippen LogP contribution in [0.5, 0.6) is 0 Å². The molecule has 1 saturated carbocycles. The molecule has 2 aromatic heterocycles. The van der Waals surface area contributed by atoms with Crippen molar-refractivity contribution >= 4 is 22.9 Å². The van der Waals surface area contributed by atoms with E-state index in [9.17, 15) is 14.0 Å². The van der Waals surface area contributed by atoms with Crippen LogP contribution < -0.4 is 5.32 Å². The summed E-state index contributed by atoms with van der Waals surface area (Å²) in [6, 6.07) is 10.0. The van der Waals surface area contributed by atoms with Gasteiger partial charge >= 0.3 is 0 Å². The Hall–Kier alpha value is -3.09. The van der Waals surface area contributed by atoms with Crippen molar-refractivity contribution in [1.29, 1.82) is 0 Å². The van der Waals surface area contributed by atoms with Crippen molar-refractivity contribution in [1.82, 2.24) is 14.8 Å². The normalized spacial score (nSPS) is 22.1. The average Bonchev–Trinajstić information content (AvgIpc) is 3.27. The quantitative estimate of drug-likeness (QED) is 0.606. The Balaban J connectivity index is 1.53. The summed E-state index contributed by atoms with van der Waals surface area (Å²) in [4.78, 5) is 28.8. The fourth-order valence-corrected chi connectivity index (χ4v) is 5.08. The van der Waals surface area contributed by atoms with E-state index in [2.05, 4.69) is 5.32 Å². The number of carbonyl (C=O) groups is 2. The summed E-state index contributed by atoms with van der Waals surface area (Å²) in [6.07, 6.45) is 8.04. The number of rotatable bonds is 4. The molecule has 6 nitrogen and oxygen atoms in total. The van der Waals surface area contributed by atoms with Crippen LogP contribution in [0.15, 0.2) is 47.1 Å². The molecule has 0 saturated heterocycles. The molecule has 0 unspecified atom stereocenters. The van der Waals surface area contributed by atoms with Gasteiger partial charge in [-0.1, -0.05) is 43.9 Å². The van der Waals surface area contributed by atoms with E-state index in [0.29, 0.717) is 16.8 Å². The van der Waals surface area contributed by atoms with Crippen molar-refractivity contribution in [2.75, 3.05) is 0 Å². The minimum absolute atomic E-state index is 0.0205. The Morgan fingerprint density at radius 1 is 1.19 bits per heavy atom. The highest BCUT2D eigenvalue weighted by molar-refractivity contribution is 6.02. The van der Waals surface area contributed by atoms with E-state index in [1.165, 1.54) is 23.8 Å². The minimum Gasteiger partial charge on any atom is -0.463 e. The molecule has 3 aromatic rings. The number of amides is 2. The Labute approximate surface area is 186 Å². The van der Waals surface area contributed by atoms with Gasteiger partial charge in [0, 0.05) is 23.7 Å². The second-order valence-corrected chi connectivity index (χ2v) is 9.20. The van der Waals surface area contributed by atoms with Crippen LogP contribution >= 0.6 is 0 Å². The summed E-state index contributed by atoms with van der Waals surface area (Å²) in [5.41, 5.74) is 1.07. The lowest BCUT2D eigenvalue weighted by molar-refractivity contribution is -0.134. The molecule has 0 spiro atoms. The van der Waals surface area contributed by atoms with Crippen LogP contribution in [0.4, 0.5) is 4.39 Å². The van der Waals surface area contributed by atoms with Crippen molar-refractivity contribution in [3.05, 3.63) is 59.7 Å². The van der Waals surface area contributed by atoms with Crippen molar-refractivity contribution in [3.8, 4) is 0 Å². The summed E-state index contributed by atoms with van der Waals surface area (Å²) < 4.78 is 21.9. The van der Waals surface area contributed by atoms with Crippen molar-refractivity contribution in [2.45, 2.75) is 70.1 Å². The molecular formula is C25H28FN3O3. The molecule has 1 N–H and O–H groups in total. The number of fused-ring (bicyclic) bond motifs is 3. The monoisotopic (exact) mass is 437 g/mol. The first-order valence-electron chi connectivity index (χ1n) is 11.4. The highest BCUT2D eigenvalue weighted by atomic mass is 19.1. The van der Waals surface area contributed by atoms with Crippen LogP contribution in [0.2, 0.25) is 0 Å². The number of carbonyl (C=O) groups excluding carboxylic acids is 2. The van der Waals surface area contributed by atoms with Gasteiger partial charge in [0.15, 0.2) is 5.58 Å². The third kappa shape index (κ3) is 3.49. The maximum absolute atomic E-state index is 14.5. The fraction of sp³-hybridized carbons (Fsp3) is 0.440. The van der Waals surface area contributed by atoms with Crippen LogP contribution in [0.1, 0.15) is 61.5 Å². The first-order valence-corrected chi connectivity index (χ1v) is 11.4. The maximum Gasteiger partial charge on any atom is 0.271 e. The predicted octanol–water partition coefficient (Wildman–Crippen LogP) is 4.63. The molecule has 2 aliphatic rings. The Morgan fingerprint density at radius 3 is 2.69 bits per heavy atom. The number of aromatic nitrogens is 1. The molecular weight excluding hydrogens is 409 g/mol. The molecule has 3 heterocycles. The standard InChI is InChI=1S/C25H28FN3O3/c1-25(24(31)27-18-9-4-2-3-5-10-18)16-28-20-12-13-32-22(20)14-21(28)23(30)29(25)15-17-8-6-7-11-19(17)26/h6-8,11-14,18H,2-5,9-10,15-16H2,1H3,(H,27,31)/t25-/m0/s1. The third-order valence-electron chi connectivity index (χ3n) is 7.01. The van der Waals surface area contributed by atoms with Crippen molar-refractivity contribution in [2.24, 2.45) is 0 Å². The zero-order valence-electron chi connectivity index (χ0n) is 18.3. The summed E-state index contributed by atoms with van der Waals surface area (Å²) in [5, 5.41) is 3.22. The number of halogens is 1. The van der Waals surface area contributed by atoms with Gasteiger partial charge in [-0.25, -0.2) is 4.39 Å². The van der Waals surface area contributed by atoms with Crippen LogP contribution in [-0.2, 0) is 17.9 Å². The molecule has 7 heteroatoms.